The third-order valence-electron chi connectivity index (χ3n) is 4.56. The lowest BCUT2D eigenvalue weighted by Crippen LogP contribution is -2.21. The van der Waals surface area contributed by atoms with Gasteiger partial charge in [-0.3, -0.25) is 5.10 Å². The first-order valence-electron chi connectivity index (χ1n) is 8.54. The Bertz CT molecular complexity index is 927. The molecule has 0 saturated heterocycles. The number of nitrogens with one attached hydrogen (secondary N) is 1. The average Bonchev–Trinajstić information content (AvgIpc) is 3.08. The molecular formula is C19H22N4O4. The molecule has 0 saturated carbocycles. The molecule has 3 N–H and O–H groups in total. The van der Waals surface area contributed by atoms with E-state index in [1.165, 1.54) is 7.11 Å². The number of methoxy groups -OCH3 is 3. The van der Waals surface area contributed by atoms with Crippen LogP contribution < -0.4 is 24.7 Å². The maximum atomic E-state index is 9.77. The number of hydrogen-bond donors (Lipinski definition) is 2. The standard InChI is InChI=1S/C19H22N4O4/c1-5-6-12-15-14(11(9-20)18(21)27-19(15)23-22-12)10-7-8-13(24-2)17(26-4)16(10)25-3/h7-8,14H,5-6,21H2,1-4H3,(H,22,23)/t14-/m1/s1. The largest absolute Gasteiger partial charge is 0.493 e. The maximum absolute atomic E-state index is 9.77. The van der Waals surface area contributed by atoms with Crippen LogP contribution in [0.3, 0.4) is 0 Å². The van der Waals surface area contributed by atoms with Gasteiger partial charge in [0.1, 0.15) is 11.6 Å². The number of H-pyrrole nitrogens is 1. The van der Waals surface area contributed by atoms with Gasteiger partial charge >= 0.3 is 0 Å². The van der Waals surface area contributed by atoms with Gasteiger partial charge in [0.2, 0.25) is 17.5 Å². The van der Waals surface area contributed by atoms with Gasteiger partial charge < -0.3 is 24.7 Å². The number of nitrogens with zero attached hydrogens (tertiary/aromatic N) is 2. The number of ether oxygens (including phenoxy) is 4. The highest BCUT2D eigenvalue weighted by molar-refractivity contribution is 5.64. The molecule has 0 spiro atoms. The summed E-state index contributed by atoms with van der Waals surface area (Å²) in [7, 11) is 4.63. The number of rotatable bonds is 6. The lowest BCUT2D eigenvalue weighted by Gasteiger charge is -2.26. The number of aromatic amines is 1. The van der Waals surface area contributed by atoms with Gasteiger partial charge in [0.25, 0.3) is 0 Å². The molecular weight excluding hydrogens is 348 g/mol. The number of nitriles is 1. The Morgan fingerprint density at radius 2 is 1.96 bits per heavy atom. The molecule has 1 aromatic carbocycles. The number of allylic oxidation sites excluding steroid dienone is 1. The third kappa shape index (κ3) is 2.91. The van der Waals surface area contributed by atoms with Crippen LogP contribution in [0.2, 0.25) is 0 Å². The van der Waals surface area contributed by atoms with Crippen molar-refractivity contribution >= 4 is 0 Å². The minimum absolute atomic E-state index is 0.0291. The first kappa shape index (κ1) is 18.5. The first-order valence-corrected chi connectivity index (χ1v) is 8.54. The molecule has 8 heteroatoms. The van der Waals surface area contributed by atoms with E-state index in [0.717, 1.165) is 29.7 Å². The zero-order valence-corrected chi connectivity index (χ0v) is 15.8. The van der Waals surface area contributed by atoms with Gasteiger partial charge in [0.05, 0.1) is 32.8 Å². The molecule has 1 aromatic heterocycles. The van der Waals surface area contributed by atoms with Crippen LogP contribution in [-0.2, 0) is 6.42 Å². The van der Waals surface area contributed by atoms with Crippen molar-refractivity contribution in [2.45, 2.75) is 25.7 Å². The molecule has 0 bridgehead atoms. The third-order valence-corrected chi connectivity index (χ3v) is 4.56. The lowest BCUT2D eigenvalue weighted by atomic mass is 9.82. The summed E-state index contributed by atoms with van der Waals surface area (Å²) in [5, 5.41) is 17.0. The van der Waals surface area contributed by atoms with Crippen molar-refractivity contribution < 1.29 is 18.9 Å². The highest BCUT2D eigenvalue weighted by Gasteiger charge is 2.37. The SMILES string of the molecule is CCCc1[nH]nc2c1[C@H](c1ccc(OC)c(OC)c1OC)C(C#N)=C(N)O2. The van der Waals surface area contributed by atoms with E-state index in [1.807, 2.05) is 6.07 Å². The molecule has 3 rings (SSSR count). The van der Waals surface area contributed by atoms with E-state index in [0.29, 0.717) is 28.7 Å². The van der Waals surface area contributed by atoms with E-state index in [1.54, 1.807) is 20.3 Å². The number of benzene rings is 1. The Balaban J connectivity index is 2.30. The monoisotopic (exact) mass is 370 g/mol. The maximum Gasteiger partial charge on any atom is 0.244 e. The van der Waals surface area contributed by atoms with Crippen LogP contribution in [0.4, 0.5) is 0 Å². The van der Waals surface area contributed by atoms with Gasteiger partial charge in [0.15, 0.2) is 11.5 Å². The number of aromatic nitrogens is 2. The molecule has 1 atom stereocenters. The minimum Gasteiger partial charge on any atom is -0.493 e. The van der Waals surface area contributed by atoms with Crippen molar-refractivity contribution in [3.05, 3.63) is 40.4 Å². The quantitative estimate of drug-likeness (QED) is 0.803. The second kappa shape index (κ2) is 7.50. The highest BCUT2D eigenvalue weighted by Crippen LogP contribution is 2.50. The van der Waals surface area contributed by atoms with Crippen LogP contribution in [0.5, 0.6) is 23.1 Å². The molecule has 0 unspecified atom stereocenters. The van der Waals surface area contributed by atoms with Gasteiger partial charge in [-0.05, 0) is 12.5 Å². The molecule has 0 fully saturated rings. The summed E-state index contributed by atoms with van der Waals surface area (Å²) in [4.78, 5) is 0. The van der Waals surface area contributed by atoms with Crippen LogP contribution in [0.15, 0.2) is 23.6 Å². The predicted octanol–water partition coefficient (Wildman–Crippen LogP) is 2.61. The number of aryl methyl sites for hydroxylation is 1. The number of fused-ring (bicyclic) bond motifs is 1. The normalized spacial score (nSPS) is 15.6. The zero-order valence-electron chi connectivity index (χ0n) is 15.8. The summed E-state index contributed by atoms with van der Waals surface area (Å²) in [6.45, 7) is 2.07. The average molecular weight is 370 g/mol. The van der Waals surface area contributed by atoms with E-state index in [9.17, 15) is 5.26 Å². The van der Waals surface area contributed by atoms with Gasteiger partial charge in [0, 0.05) is 11.3 Å². The topological polar surface area (TPSA) is 115 Å². The fourth-order valence-electron chi connectivity index (χ4n) is 3.41. The van der Waals surface area contributed by atoms with E-state index in [4.69, 9.17) is 24.7 Å². The van der Waals surface area contributed by atoms with E-state index >= 15 is 0 Å². The lowest BCUT2D eigenvalue weighted by molar-refractivity contribution is 0.321. The number of hydrogen-bond acceptors (Lipinski definition) is 7. The molecule has 0 radical (unpaired) electrons. The Kier molecular flexibility index (Phi) is 5.12. The second-order valence-electron chi connectivity index (χ2n) is 6.02. The molecule has 2 aromatic rings. The molecule has 2 heterocycles. The van der Waals surface area contributed by atoms with E-state index < -0.39 is 5.92 Å². The Morgan fingerprint density at radius 3 is 2.56 bits per heavy atom. The van der Waals surface area contributed by atoms with Crippen LogP contribution in [-0.4, -0.2) is 31.5 Å². The summed E-state index contributed by atoms with van der Waals surface area (Å²) in [6, 6.07) is 5.79. The van der Waals surface area contributed by atoms with Crippen molar-refractivity contribution in [1.29, 1.82) is 5.26 Å². The van der Waals surface area contributed by atoms with Gasteiger partial charge in [-0.15, -0.1) is 5.10 Å². The summed E-state index contributed by atoms with van der Waals surface area (Å²) < 4.78 is 22.1. The van der Waals surface area contributed by atoms with Gasteiger partial charge in [-0.1, -0.05) is 19.4 Å². The van der Waals surface area contributed by atoms with Gasteiger partial charge in [-0.25, -0.2) is 0 Å². The molecule has 27 heavy (non-hydrogen) atoms. The predicted molar refractivity (Wildman–Crippen MR) is 98.0 cm³/mol. The van der Waals surface area contributed by atoms with E-state index in [2.05, 4.69) is 23.2 Å². The Hall–Kier alpha value is -3.34. The Morgan fingerprint density at radius 1 is 1.22 bits per heavy atom. The molecule has 8 nitrogen and oxygen atoms in total. The first-order chi connectivity index (χ1) is 13.1. The van der Waals surface area contributed by atoms with Crippen LogP contribution >= 0.6 is 0 Å². The van der Waals surface area contributed by atoms with Crippen molar-refractivity contribution in [2.24, 2.45) is 5.73 Å². The molecule has 0 aliphatic carbocycles. The molecule has 1 aliphatic rings. The van der Waals surface area contributed by atoms with Gasteiger partial charge in [-0.2, -0.15) is 5.26 Å². The number of nitrogens with two attached hydrogens (primary N) is 1. The summed E-state index contributed by atoms with van der Waals surface area (Å²) in [5.41, 5.74) is 8.72. The highest BCUT2D eigenvalue weighted by atomic mass is 16.5. The van der Waals surface area contributed by atoms with Crippen molar-refractivity contribution in [2.75, 3.05) is 21.3 Å². The molecule has 142 valence electrons. The smallest absolute Gasteiger partial charge is 0.244 e. The Labute approximate surface area is 157 Å². The zero-order chi connectivity index (χ0) is 19.6. The second-order valence-corrected chi connectivity index (χ2v) is 6.02. The van der Waals surface area contributed by atoms with E-state index in [-0.39, 0.29) is 5.88 Å². The summed E-state index contributed by atoms with van der Waals surface area (Å²) in [5.74, 6) is 1.36. The summed E-state index contributed by atoms with van der Waals surface area (Å²) in [6.07, 6.45) is 1.67. The van der Waals surface area contributed by atoms with Crippen LogP contribution in [0.1, 0.15) is 36.1 Å². The van der Waals surface area contributed by atoms with Crippen molar-refractivity contribution in [1.82, 2.24) is 10.2 Å². The molecule has 1 aliphatic heterocycles. The fourth-order valence-corrected chi connectivity index (χ4v) is 3.41. The van der Waals surface area contributed by atoms with Crippen LogP contribution in [0, 0.1) is 11.3 Å². The molecule has 0 amide bonds. The van der Waals surface area contributed by atoms with Crippen molar-refractivity contribution in [3.63, 3.8) is 0 Å². The minimum atomic E-state index is -0.492. The fraction of sp³-hybridized carbons (Fsp3) is 0.368. The van der Waals surface area contributed by atoms with Crippen molar-refractivity contribution in [3.8, 4) is 29.2 Å². The van der Waals surface area contributed by atoms with Crippen LogP contribution in [0.25, 0.3) is 0 Å². The summed E-state index contributed by atoms with van der Waals surface area (Å²) >= 11 is 0.